The lowest BCUT2D eigenvalue weighted by atomic mass is 10.0. The van der Waals surface area contributed by atoms with Crippen LogP contribution in [0.2, 0.25) is 5.02 Å². The Labute approximate surface area is 120 Å². The van der Waals surface area contributed by atoms with Crippen LogP contribution in [0.1, 0.15) is 17.0 Å². The van der Waals surface area contributed by atoms with E-state index < -0.39 is 11.6 Å². The van der Waals surface area contributed by atoms with Crippen LogP contribution < -0.4 is 0 Å². The number of carbonyl (C=O) groups excluding carboxylic acids is 1. The van der Waals surface area contributed by atoms with Gasteiger partial charge in [0, 0.05) is 13.5 Å². The molecule has 1 heterocycles. The Morgan fingerprint density at radius 1 is 1.35 bits per heavy atom. The largest absolute Gasteiger partial charge is 0.299 e. The van der Waals surface area contributed by atoms with Crippen molar-refractivity contribution < 1.29 is 13.6 Å². The third-order valence-corrected chi connectivity index (χ3v) is 3.54. The maximum absolute atomic E-state index is 13.5. The van der Waals surface area contributed by atoms with Crippen molar-refractivity contribution in [3.8, 4) is 0 Å². The number of hydrogen-bond donors (Lipinski definition) is 0. The van der Waals surface area contributed by atoms with Crippen LogP contribution in [0.15, 0.2) is 18.2 Å². The third kappa shape index (κ3) is 2.88. The van der Waals surface area contributed by atoms with Crippen molar-refractivity contribution in [1.29, 1.82) is 0 Å². The van der Waals surface area contributed by atoms with Crippen molar-refractivity contribution in [1.82, 2.24) is 9.78 Å². The topological polar surface area (TPSA) is 34.9 Å². The lowest BCUT2D eigenvalue weighted by Gasteiger charge is -2.05. The molecule has 0 radical (unpaired) electrons. The van der Waals surface area contributed by atoms with Gasteiger partial charge in [0.2, 0.25) is 0 Å². The summed E-state index contributed by atoms with van der Waals surface area (Å²) < 4.78 is 28.1. The van der Waals surface area contributed by atoms with Gasteiger partial charge >= 0.3 is 0 Å². The fraction of sp³-hybridized carbons (Fsp3) is 0.286. The van der Waals surface area contributed by atoms with Gasteiger partial charge in [0.05, 0.1) is 22.8 Å². The van der Waals surface area contributed by atoms with E-state index in [1.807, 2.05) is 0 Å². The van der Waals surface area contributed by atoms with Gasteiger partial charge in [-0.25, -0.2) is 8.78 Å². The number of ketones is 1. The Kier molecular flexibility index (Phi) is 4.18. The van der Waals surface area contributed by atoms with Crippen molar-refractivity contribution in [3.63, 3.8) is 0 Å². The van der Waals surface area contributed by atoms with Gasteiger partial charge in [-0.1, -0.05) is 23.7 Å². The highest BCUT2D eigenvalue weighted by atomic mass is 35.5. The quantitative estimate of drug-likeness (QED) is 0.869. The fourth-order valence-corrected chi connectivity index (χ4v) is 2.25. The van der Waals surface area contributed by atoms with Gasteiger partial charge in [-0.15, -0.1) is 0 Å². The molecule has 0 atom stereocenters. The molecule has 0 unspecified atom stereocenters. The smallest absolute Gasteiger partial charge is 0.162 e. The zero-order valence-electron chi connectivity index (χ0n) is 11.1. The van der Waals surface area contributed by atoms with E-state index in [9.17, 15) is 13.6 Å². The van der Waals surface area contributed by atoms with E-state index in [-0.39, 0.29) is 24.2 Å². The highest BCUT2D eigenvalue weighted by molar-refractivity contribution is 6.32. The monoisotopic (exact) mass is 298 g/mol. The first-order chi connectivity index (χ1) is 9.40. The first kappa shape index (κ1) is 14.7. The number of halogens is 3. The molecule has 1 aromatic heterocycles. The summed E-state index contributed by atoms with van der Waals surface area (Å²) in [5.41, 5.74) is 1.25. The predicted octanol–water partition coefficient (Wildman–Crippen LogP) is 3.01. The number of carbonyl (C=O) groups is 1. The summed E-state index contributed by atoms with van der Waals surface area (Å²) in [4.78, 5) is 12.0. The molecule has 0 saturated heterocycles. The number of aromatic nitrogens is 2. The van der Waals surface area contributed by atoms with Gasteiger partial charge in [0.1, 0.15) is 5.78 Å². The van der Waals surface area contributed by atoms with E-state index in [1.165, 1.54) is 16.8 Å². The van der Waals surface area contributed by atoms with Crippen molar-refractivity contribution in [2.45, 2.75) is 19.8 Å². The molecular weight excluding hydrogens is 286 g/mol. The molecule has 0 fully saturated rings. The second-order valence-corrected chi connectivity index (χ2v) is 4.95. The van der Waals surface area contributed by atoms with Crippen LogP contribution in [0.3, 0.4) is 0 Å². The molecule has 0 aliphatic carbocycles. The lowest BCUT2D eigenvalue weighted by Crippen LogP contribution is -2.11. The predicted molar refractivity (Wildman–Crippen MR) is 71.7 cm³/mol. The van der Waals surface area contributed by atoms with Crippen LogP contribution in [-0.4, -0.2) is 15.6 Å². The number of Topliss-reactive ketones (excluding diaryl/α,β-unsaturated/α-hetero) is 1. The van der Waals surface area contributed by atoms with E-state index in [4.69, 9.17) is 11.6 Å². The summed E-state index contributed by atoms with van der Waals surface area (Å²) in [6.45, 7) is 1.74. The third-order valence-electron chi connectivity index (χ3n) is 3.05. The van der Waals surface area contributed by atoms with Crippen LogP contribution >= 0.6 is 11.6 Å². The Bertz CT molecular complexity index is 667. The Morgan fingerprint density at radius 2 is 2.05 bits per heavy atom. The normalized spacial score (nSPS) is 10.8. The van der Waals surface area contributed by atoms with Crippen LogP contribution in [-0.2, 0) is 24.7 Å². The number of rotatable bonds is 4. The molecule has 0 amide bonds. The molecule has 0 saturated carbocycles. The van der Waals surface area contributed by atoms with Gasteiger partial charge in [-0.2, -0.15) is 5.10 Å². The molecule has 6 heteroatoms. The van der Waals surface area contributed by atoms with Gasteiger partial charge in [-0.05, 0) is 18.6 Å². The zero-order valence-corrected chi connectivity index (χ0v) is 11.8. The average Bonchev–Trinajstić information content (AvgIpc) is 2.62. The van der Waals surface area contributed by atoms with Crippen molar-refractivity contribution in [2.24, 2.45) is 7.05 Å². The number of nitrogens with zero attached hydrogens (tertiary/aromatic N) is 2. The summed E-state index contributed by atoms with van der Waals surface area (Å²) in [6, 6.07) is 3.79. The van der Waals surface area contributed by atoms with Gasteiger partial charge in [0.25, 0.3) is 0 Å². The van der Waals surface area contributed by atoms with Crippen LogP contribution in [0, 0.1) is 18.6 Å². The SMILES string of the molecule is Cc1nn(C)c(CC(=O)Cc2cccc(F)c2F)c1Cl. The van der Waals surface area contributed by atoms with Crippen LogP contribution in [0.5, 0.6) is 0 Å². The van der Waals surface area contributed by atoms with E-state index in [2.05, 4.69) is 5.10 Å². The molecule has 3 nitrogen and oxygen atoms in total. The second kappa shape index (κ2) is 5.71. The number of aryl methyl sites for hydroxylation is 2. The molecule has 106 valence electrons. The van der Waals surface area contributed by atoms with Gasteiger partial charge in [-0.3, -0.25) is 9.48 Å². The average molecular weight is 299 g/mol. The maximum Gasteiger partial charge on any atom is 0.162 e. The minimum atomic E-state index is -0.979. The van der Waals surface area contributed by atoms with E-state index >= 15 is 0 Å². The first-order valence-corrected chi connectivity index (χ1v) is 6.40. The summed E-state index contributed by atoms with van der Waals surface area (Å²) in [5.74, 6) is -2.18. The molecule has 2 rings (SSSR count). The molecule has 0 aliphatic heterocycles. The van der Waals surface area contributed by atoms with E-state index in [0.717, 1.165) is 6.07 Å². The maximum atomic E-state index is 13.5. The van der Waals surface area contributed by atoms with Crippen molar-refractivity contribution >= 4 is 17.4 Å². The molecular formula is C14H13ClF2N2O. The molecule has 0 bridgehead atoms. The van der Waals surface area contributed by atoms with Gasteiger partial charge < -0.3 is 0 Å². The molecule has 0 aliphatic rings. The van der Waals surface area contributed by atoms with E-state index in [0.29, 0.717) is 16.4 Å². The lowest BCUT2D eigenvalue weighted by molar-refractivity contribution is -0.117. The van der Waals surface area contributed by atoms with Gasteiger partial charge in [0.15, 0.2) is 11.6 Å². The summed E-state index contributed by atoms with van der Waals surface area (Å²) in [7, 11) is 1.68. The zero-order chi connectivity index (χ0) is 14.9. The number of benzene rings is 1. The molecule has 0 N–H and O–H groups in total. The first-order valence-electron chi connectivity index (χ1n) is 6.02. The fourth-order valence-electron chi connectivity index (χ4n) is 2.02. The minimum absolute atomic E-state index is 0.0339. The highest BCUT2D eigenvalue weighted by Gasteiger charge is 2.17. The Hall–Kier alpha value is -1.75. The molecule has 20 heavy (non-hydrogen) atoms. The minimum Gasteiger partial charge on any atom is -0.299 e. The Balaban J connectivity index is 2.15. The standard InChI is InChI=1S/C14H13ClF2N2O/c1-8-13(15)12(19(2)18-8)7-10(20)6-9-4-3-5-11(16)14(9)17/h3-5H,6-7H2,1-2H3. The van der Waals surface area contributed by atoms with E-state index in [1.54, 1.807) is 14.0 Å². The van der Waals surface area contributed by atoms with Crippen molar-refractivity contribution in [2.75, 3.05) is 0 Å². The molecule has 0 spiro atoms. The summed E-state index contributed by atoms with van der Waals surface area (Å²) in [5, 5.41) is 4.53. The van der Waals surface area contributed by atoms with Crippen molar-refractivity contribution in [3.05, 3.63) is 51.8 Å². The molecule has 2 aromatic rings. The number of hydrogen-bond acceptors (Lipinski definition) is 2. The highest BCUT2D eigenvalue weighted by Crippen LogP contribution is 2.21. The molecule has 1 aromatic carbocycles. The van der Waals surface area contributed by atoms with Crippen LogP contribution in [0.4, 0.5) is 8.78 Å². The Morgan fingerprint density at radius 3 is 2.65 bits per heavy atom. The summed E-state index contributed by atoms with van der Waals surface area (Å²) in [6.07, 6.45) is -0.143. The second-order valence-electron chi connectivity index (χ2n) is 4.57. The van der Waals surface area contributed by atoms with Crippen LogP contribution in [0.25, 0.3) is 0 Å². The summed E-state index contributed by atoms with van der Waals surface area (Å²) >= 11 is 6.05.